The van der Waals surface area contributed by atoms with E-state index in [9.17, 15) is 14.4 Å². The van der Waals surface area contributed by atoms with Crippen LogP contribution >= 0.6 is 11.8 Å². The van der Waals surface area contributed by atoms with Crippen molar-refractivity contribution in [1.29, 1.82) is 0 Å². The molecule has 2 heterocycles. The van der Waals surface area contributed by atoms with Crippen LogP contribution in [-0.2, 0) is 23.6 Å². The molecule has 2 aromatic heterocycles. The fourth-order valence-corrected chi connectivity index (χ4v) is 2.40. The molecule has 19 heavy (non-hydrogen) atoms. The van der Waals surface area contributed by atoms with E-state index in [2.05, 4.69) is 14.7 Å². The van der Waals surface area contributed by atoms with Gasteiger partial charge in [-0.1, -0.05) is 11.8 Å². The number of aromatic nitrogens is 4. The van der Waals surface area contributed by atoms with Crippen molar-refractivity contribution in [3.63, 3.8) is 0 Å². The highest BCUT2D eigenvalue weighted by Crippen LogP contribution is 2.19. The van der Waals surface area contributed by atoms with Gasteiger partial charge in [-0.3, -0.25) is 19.1 Å². The molecule has 0 aromatic carbocycles. The molecule has 0 amide bonds. The molecule has 0 spiro atoms. The summed E-state index contributed by atoms with van der Waals surface area (Å²) in [5.74, 6) is -0.306. The van der Waals surface area contributed by atoms with Gasteiger partial charge in [-0.05, 0) is 0 Å². The summed E-state index contributed by atoms with van der Waals surface area (Å²) in [5.41, 5.74) is -0.462. The lowest BCUT2D eigenvalue weighted by Gasteiger charge is -2.00. The van der Waals surface area contributed by atoms with Crippen LogP contribution in [0.2, 0.25) is 0 Å². The van der Waals surface area contributed by atoms with Gasteiger partial charge in [0.1, 0.15) is 0 Å². The van der Waals surface area contributed by atoms with Gasteiger partial charge < -0.3 is 9.30 Å². The van der Waals surface area contributed by atoms with Crippen molar-refractivity contribution in [3.8, 4) is 0 Å². The summed E-state index contributed by atoms with van der Waals surface area (Å²) in [4.78, 5) is 40.7. The van der Waals surface area contributed by atoms with Crippen LogP contribution in [0.25, 0.3) is 11.2 Å². The van der Waals surface area contributed by atoms with Crippen LogP contribution in [0.15, 0.2) is 14.7 Å². The lowest BCUT2D eigenvalue weighted by Crippen LogP contribution is -2.29. The van der Waals surface area contributed by atoms with Gasteiger partial charge in [0.25, 0.3) is 5.56 Å². The Hall–Kier alpha value is -2.03. The first-order valence-electron chi connectivity index (χ1n) is 5.31. The molecule has 0 aliphatic carbocycles. The number of methoxy groups -OCH3 is 1. The zero-order chi connectivity index (χ0) is 14.2. The highest BCUT2D eigenvalue weighted by Gasteiger charge is 2.16. The number of H-pyrrole nitrogens is 1. The molecule has 0 aliphatic rings. The number of nitrogens with zero attached hydrogens (tertiary/aromatic N) is 3. The Labute approximate surface area is 111 Å². The molecule has 0 saturated heterocycles. The molecule has 0 radical (unpaired) electrons. The SMILES string of the molecule is COC(=O)CSc1nc2c(c(=O)[nH]c(=O)n2C)n1C. The van der Waals surface area contributed by atoms with Gasteiger partial charge in [0.15, 0.2) is 16.3 Å². The molecule has 0 fully saturated rings. The third kappa shape index (κ3) is 2.28. The van der Waals surface area contributed by atoms with Crippen LogP contribution in [0.1, 0.15) is 0 Å². The standard InChI is InChI=1S/C10H12N4O4S/c1-13-6-7(14(2)9(17)12-8(6)16)11-10(13)19-4-5(15)18-3/h4H2,1-3H3,(H,12,16,17). The van der Waals surface area contributed by atoms with E-state index in [1.165, 1.54) is 18.7 Å². The number of hydrogen-bond donors (Lipinski definition) is 1. The maximum Gasteiger partial charge on any atom is 0.329 e. The first-order chi connectivity index (χ1) is 8.95. The quantitative estimate of drug-likeness (QED) is 0.586. The van der Waals surface area contributed by atoms with E-state index in [4.69, 9.17) is 0 Å². The van der Waals surface area contributed by atoms with Crippen LogP contribution in [-0.4, -0.2) is 37.9 Å². The molecule has 0 aliphatic heterocycles. The number of ether oxygens (including phenoxy) is 1. The Kier molecular flexibility index (Phi) is 3.47. The summed E-state index contributed by atoms with van der Waals surface area (Å²) in [6, 6.07) is 0. The lowest BCUT2D eigenvalue weighted by molar-refractivity contribution is -0.137. The van der Waals surface area contributed by atoms with Crippen molar-refractivity contribution in [2.75, 3.05) is 12.9 Å². The van der Waals surface area contributed by atoms with Crippen molar-refractivity contribution in [1.82, 2.24) is 19.1 Å². The zero-order valence-corrected chi connectivity index (χ0v) is 11.4. The second kappa shape index (κ2) is 4.92. The molecule has 9 heteroatoms. The normalized spacial score (nSPS) is 10.9. The molecule has 0 saturated carbocycles. The fraction of sp³-hybridized carbons (Fsp3) is 0.400. The smallest absolute Gasteiger partial charge is 0.329 e. The largest absolute Gasteiger partial charge is 0.468 e. The number of imidazole rings is 1. The minimum atomic E-state index is -0.528. The molecule has 2 aromatic rings. The average Bonchev–Trinajstić information content (AvgIpc) is 2.71. The van der Waals surface area contributed by atoms with E-state index in [1.54, 1.807) is 11.6 Å². The minimum Gasteiger partial charge on any atom is -0.468 e. The molecule has 8 nitrogen and oxygen atoms in total. The number of esters is 1. The number of aryl methyl sites for hydroxylation is 2. The Morgan fingerprint density at radius 2 is 2.05 bits per heavy atom. The van der Waals surface area contributed by atoms with Gasteiger partial charge in [-0.2, -0.15) is 0 Å². The van der Waals surface area contributed by atoms with Gasteiger partial charge in [-0.25, -0.2) is 9.78 Å². The van der Waals surface area contributed by atoms with Crippen molar-refractivity contribution in [2.45, 2.75) is 5.16 Å². The van der Waals surface area contributed by atoms with Gasteiger partial charge in [0.2, 0.25) is 0 Å². The number of hydrogen-bond acceptors (Lipinski definition) is 6. The Morgan fingerprint density at radius 1 is 1.37 bits per heavy atom. The summed E-state index contributed by atoms with van der Waals surface area (Å²) in [6.45, 7) is 0. The number of carbonyl (C=O) groups is 1. The van der Waals surface area contributed by atoms with Crippen molar-refractivity contribution < 1.29 is 9.53 Å². The molecular formula is C10H12N4O4S. The van der Waals surface area contributed by atoms with E-state index < -0.39 is 11.2 Å². The number of carbonyl (C=O) groups excluding carboxylic acids is 1. The van der Waals surface area contributed by atoms with E-state index in [0.717, 1.165) is 11.8 Å². The van der Waals surface area contributed by atoms with Crippen LogP contribution in [0.3, 0.4) is 0 Å². The second-order valence-corrected chi connectivity index (χ2v) is 4.75. The number of rotatable bonds is 3. The van der Waals surface area contributed by atoms with Gasteiger partial charge in [0, 0.05) is 14.1 Å². The first-order valence-corrected chi connectivity index (χ1v) is 6.29. The molecule has 2 rings (SSSR count). The summed E-state index contributed by atoms with van der Waals surface area (Å²) in [7, 11) is 4.46. The van der Waals surface area contributed by atoms with Crippen LogP contribution < -0.4 is 11.2 Å². The number of thioether (sulfide) groups is 1. The zero-order valence-electron chi connectivity index (χ0n) is 10.6. The van der Waals surface area contributed by atoms with Crippen molar-refractivity contribution in [3.05, 3.63) is 20.8 Å². The van der Waals surface area contributed by atoms with E-state index >= 15 is 0 Å². The molecule has 1 N–H and O–H groups in total. The van der Waals surface area contributed by atoms with E-state index in [-0.39, 0.29) is 22.9 Å². The number of fused-ring (bicyclic) bond motifs is 1. The van der Waals surface area contributed by atoms with E-state index in [1.807, 2.05) is 0 Å². The van der Waals surface area contributed by atoms with Crippen molar-refractivity contribution in [2.24, 2.45) is 14.1 Å². The summed E-state index contributed by atoms with van der Waals surface area (Å²) in [5, 5.41) is 0.465. The maximum absolute atomic E-state index is 11.7. The Bertz CT molecular complexity index is 757. The fourth-order valence-electron chi connectivity index (χ4n) is 1.60. The predicted octanol–water partition coefficient (Wildman–Crippen LogP) is -0.775. The molecule has 0 unspecified atom stereocenters. The van der Waals surface area contributed by atoms with Crippen LogP contribution in [0, 0.1) is 0 Å². The summed E-state index contributed by atoms with van der Waals surface area (Å²) >= 11 is 1.14. The summed E-state index contributed by atoms with van der Waals surface area (Å²) in [6.07, 6.45) is 0. The Balaban J connectivity index is 2.54. The topological polar surface area (TPSA) is 99.0 Å². The maximum atomic E-state index is 11.7. The monoisotopic (exact) mass is 284 g/mol. The van der Waals surface area contributed by atoms with Crippen LogP contribution in [0.5, 0.6) is 0 Å². The van der Waals surface area contributed by atoms with Gasteiger partial charge >= 0.3 is 11.7 Å². The minimum absolute atomic E-state index is 0.0829. The predicted molar refractivity (Wildman–Crippen MR) is 69.3 cm³/mol. The number of aromatic amines is 1. The highest BCUT2D eigenvalue weighted by atomic mass is 32.2. The molecule has 102 valence electrons. The van der Waals surface area contributed by atoms with E-state index in [0.29, 0.717) is 5.16 Å². The van der Waals surface area contributed by atoms with Gasteiger partial charge in [0.05, 0.1) is 12.9 Å². The van der Waals surface area contributed by atoms with Crippen LogP contribution in [0.4, 0.5) is 0 Å². The van der Waals surface area contributed by atoms with Gasteiger partial charge in [-0.15, -0.1) is 0 Å². The Morgan fingerprint density at radius 3 is 2.68 bits per heavy atom. The van der Waals surface area contributed by atoms with Crippen molar-refractivity contribution >= 4 is 28.9 Å². The lowest BCUT2D eigenvalue weighted by atomic mass is 10.5. The third-order valence-corrected chi connectivity index (χ3v) is 3.64. The second-order valence-electron chi connectivity index (χ2n) is 3.81. The molecule has 0 bridgehead atoms. The number of nitrogens with one attached hydrogen (secondary N) is 1. The molecular weight excluding hydrogens is 272 g/mol. The molecule has 0 atom stereocenters. The average molecular weight is 284 g/mol. The third-order valence-electron chi connectivity index (χ3n) is 2.64. The first kappa shape index (κ1) is 13.4. The highest BCUT2D eigenvalue weighted by molar-refractivity contribution is 7.99. The summed E-state index contributed by atoms with van der Waals surface area (Å²) < 4.78 is 7.32.